The van der Waals surface area contributed by atoms with E-state index in [-0.39, 0.29) is 29.6 Å². The Kier molecular flexibility index (Phi) is 4.15. The molecule has 0 bridgehead atoms. The van der Waals surface area contributed by atoms with Crippen LogP contribution in [0.2, 0.25) is 0 Å². The van der Waals surface area contributed by atoms with Gasteiger partial charge in [-0.1, -0.05) is 19.3 Å². The fraction of sp³-hybridized carbons (Fsp3) is 0.167. The van der Waals surface area contributed by atoms with E-state index in [1.165, 1.54) is 0 Å². The molecule has 0 saturated heterocycles. The molecular weight excluding hydrogens is 109 g/mol. The van der Waals surface area contributed by atoms with Crippen LogP contribution < -0.4 is 29.6 Å². The summed E-state index contributed by atoms with van der Waals surface area (Å²) in [6, 6.07) is 3.86. The minimum atomic E-state index is 0. The fourth-order valence-electron chi connectivity index (χ4n) is 0.407. The monoisotopic (exact) mass is 115 g/mol. The van der Waals surface area contributed by atoms with Gasteiger partial charge in [0.1, 0.15) is 0 Å². The van der Waals surface area contributed by atoms with Gasteiger partial charge in [0, 0.05) is 0 Å². The Morgan fingerprint density at radius 2 is 2.38 bits per heavy atom. The van der Waals surface area contributed by atoms with Crippen molar-refractivity contribution in [3.8, 4) is 0 Å². The molecule has 0 spiro atoms. The van der Waals surface area contributed by atoms with Crippen molar-refractivity contribution < 1.29 is 29.6 Å². The van der Waals surface area contributed by atoms with Gasteiger partial charge in [0.15, 0.2) is 0 Å². The molecule has 0 fully saturated rings. The molecule has 0 N–H and O–H groups in total. The number of aromatic nitrogens is 1. The number of rotatable bonds is 0. The van der Waals surface area contributed by atoms with Crippen LogP contribution in [0.25, 0.3) is 0 Å². The Hall–Kier alpha value is 0.150. The van der Waals surface area contributed by atoms with Crippen LogP contribution >= 0.6 is 0 Å². The summed E-state index contributed by atoms with van der Waals surface area (Å²) >= 11 is 0. The van der Waals surface area contributed by atoms with E-state index in [2.05, 4.69) is 11.2 Å². The molecule has 36 valence electrons. The van der Waals surface area contributed by atoms with Crippen molar-refractivity contribution in [2.75, 3.05) is 0 Å². The van der Waals surface area contributed by atoms with Gasteiger partial charge >= 0.3 is 29.6 Å². The molecule has 0 radical (unpaired) electrons. The van der Waals surface area contributed by atoms with Gasteiger partial charge in [-0.15, -0.1) is 5.56 Å². The van der Waals surface area contributed by atoms with Crippen LogP contribution in [0.3, 0.4) is 0 Å². The molecule has 0 saturated carbocycles. The average molecular weight is 115 g/mol. The van der Waals surface area contributed by atoms with Crippen LogP contribution in [0.5, 0.6) is 0 Å². The molecule has 1 heterocycles. The summed E-state index contributed by atoms with van der Waals surface area (Å²) in [7, 11) is 0. The second-order valence-electron chi connectivity index (χ2n) is 1.43. The van der Waals surface area contributed by atoms with Crippen molar-refractivity contribution >= 4 is 0 Å². The third-order valence-corrected chi connectivity index (χ3v) is 0.748. The first-order chi connectivity index (χ1) is 3.39. The van der Waals surface area contributed by atoms with E-state index in [0.29, 0.717) is 0 Å². The van der Waals surface area contributed by atoms with Gasteiger partial charge in [0.25, 0.3) is 0 Å². The molecule has 0 aliphatic rings. The predicted octanol–water partition coefficient (Wildman–Crippen LogP) is -1.81. The molecular formula is C6H6NNa. The normalized spacial score (nSPS) is 7.62. The molecule has 2 heteroatoms. The molecule has 0 amide bonds. The summed E-state index contributed by atoms with van der Waals surface area (Å²) in [4.78, 5) is 3.76. The van der Waals surface area contributed by atoms with E-state index < -0.39 is 0 Å². The maximum atomic E-state index is 3.76. The van der Waals surface area contributed by atoms with E-state index in [4.69, 9.17) is 0 Å². The molecule has 8 heavy (non-hydrogen) atoms. The average Bonchev–Trinajstić information content (AvgIpc) is 1.69. The molecule has 0 aliphatic carbocycles. The van der Waals surface area contributed by atoms with Crippen molar-refractivity contribution in [1.82, 2.24) is 4.98 Å². The molecule has 1 nitrogen and oxygen atoms in total. The van der Waals surface area contributed by atoms with Crippen molar-refractivity contribution in [2.24, 2.45) is 0 Å². The summed E-state index contributed by atoms with van der Waals surface area (Å²) < 4.78 is 0. The summed E-state index contributed by atoms with van der Waals surface area (Å²) in [5, 5.41) is 0. The van der Waals surface area contributed by atoms with Crippen molar-refractivity contribution in [1.29, 1.82) is 0 Å². The van der Waals surface area contributed by atoms with Gasteiger partial charge in [-0.3, -0.25) is 0 Å². The van der Waals surface area contributed by atoms with Crippen molar-refractivity contribution in [3.05, 3.63) is 30.1 Å². The zero-order valence-corrected chi connectivity index (χ0v) is 7.18. The van der Waals surface area contributed by atoms with E-state index in [1.54, 1.807) is 6.20 Å². The molecule has 1 aromatic rings. The van der Waals surface area contributed by atoms with Crippen LogP contribution in [0.4, 0.5) is 0 Å². The molecule has 0 aliphatic heterocycles. The second kappa shape index (κ2) is 4.07. The second-order valence-corrected chi connectivity index (χ2v) is 1.43. The largest absolute Gasteiger partial charge is 1.00 e. The standard InChI is InChI=1S/C6H6N.Na/c1-6-3-2-4-7-5-6;/h2-4H,1H3;/q-1;+1. The number of hydrogen-bond acceptors (Lipinski definition) is 1. The van der Waals surface area contributed by atoms with Crippen LogP contribution in [-0.4, -0.2) is 4.98 Å². The Balaban J connectivity index is 0.000000490. The first-order valence-electron chi connectivity index (χ1n) is 2.19. The van der Waals surface area contributed by atoms with Crippen LogP contribution in [0.1, 0.15) is 5.56 Å². The SMILES string of the molecule is Cc1[c-]nccc1.[Na+]. The van der Waals surface area contributed by atoms with E-state index in [1.807, 2.05) is 19.1 Å². The topological polar surface area (TPSA) is 12.9 Å². The van der Waals surface area contributed by atoms with E-state index >= 15 is 0 Å². The number of aryl methyl sites for hydroxylation is 1. The van der Waals surface area contributed by atoms with Gasteiger partial charge in [-0.25, -0.2) is 0 Å². The minimum Gasteiger partial charge on any atom is -0.394 e. The third kappa shape index (κ3) is 2.46. The molecule has 1 rings (SSSR count). The van der Waals surface area contributed by atoms with E-state index in [0.717, 1.165) is 5.56 Å². The molecule has 1 aromatic heterocycles. The predicted molar refractivity (Wildman–Crippen MR) is 27.8 cm³/mol. The van der Waals surface area contributed by atoms with Crippen molar-refractivity contribution in [2.45, 2.75) is 6.92 Å². The number of nitrogens with zero attached hydrogens (tertiary/aromatic N) is 1. The van der Waals surface area contributed by atoms with Crippen LogP contribution in [-0.2, 0) is 0 Å². The summed E-state index contributed by atoms with van der Waals surface area (Å²) in [5.41, 5.74) is 1.09. The Bertz CT molecular complexity index is 138. The summed E-state index contributed by atoms with van der Waals surface area (Å²) in [6.45, 7) is 1.97. The smallest absolute Gasteiger partial charge is 0.394 e. The third-order valence-electron chi connectivity index (χ3n) is 0.748. The first kappa shape index (κ1) is 8.15. The van der Waals surface area contributed by atoms with Gasteiger partial charge < -0.3 is 4.98 Å². The summed E-state index contributed by atoms with van der Waals surface area (Å²) in [5.74, 6) is 0. The Morgan fingerprint density at radius 3 is 2.62 bits per heavy atom. The quantitative estimate of drug-likeness (QED) is 0.287. The minimum absolute atomic E-state index is 0. The first-order valence-corrected chi connectivity index (χ1v) is 2.19. The molecule has 0 unspecified atom stereocenters. The van der Waals surface area contributed by atoms with E-state index in [9.17, 15) is 0 Å². The fourth-order valence-corrected chi connectivity index (χ4v) is 0.407. The zero-order valence-electron chi connectivity index (χ0n) is 5.18. The van der Waals surface area contributed by atoms with Gasteiger partial charge in [-0.05, 0) is 0 Å². The van der Waals surface area contributed by atoms with Gasteiger partial charge in [0.2, 0.25) is 0 Å². The van der Waals surface area contributed by atoms with Gasteiger partial charge in [-0.2, -0.15) is 12.1 Å². The Morgan fingerprint density at radius 1 is 1.62 bits per heavy atom. The van der Waals surface area contributed by atoms with Crippen LogP contribution in [0, 0.1) is 13.1 Å². The molecule has 0 atom stereocenters. The number of hydrogen-bond donors (Lipinski definition) is 0. The van der Waals surface area contributed by atoms with Crippen LogP contribution in [0.15, 0.2) is 18.3 Å². The number of pyridine rings is 1. The van der Waals surface area contributed by atoms with Crippen molar-refractivity contribution in [3.63, 3.8) is 0 Å². The van der Waals surface area contributed by atoms with Gasteiger partial charge in [0.05, 0.1) is 0 Å². The maximum absolute atomic E-state index is 3.76. The Labute approximate surface area is 71.4 Å². The summed E-state index contributed by atoms with van der Waals surface area (Å²) in [6.07, 6.45) is 4.50. The zero-order chi connectivity index (χ0) is 5.11. The maximum Gasteiger partial charge on any atom is 1.00 e. The molecule has 0 aromatic carbocycles.